The van der Waals surface area contributed by atoms with Gasteiger partial charge in [0.1, 0.15) is 0 Å². The summed E-state index contributed by atoms with van der Waals surface area (Å²) in [6.45, 7) is 0. The molecule has 0 aliphatic carbocycles. The standard InChI is InChI=1S/C15H11ClF3NO/c16-13-5-4-11(20)8-12(13)14(21)7-9-2-1-3-10(6-9)15(17,18)19/h1-6,8H,7,20H2. The van der Waals surface area contributed by atoms with Crippen molar-refractivity contribution in [3.8, 4) is 0 Å². The van der Waals surface area contributed by atoms with Crippen molar-refractivity contribution in [3.63, 3.8) is 0 Å². The molecule has 6 heteroatoms. The summed E-state index contributed by atoms with van der Waals surface area (Å²) < 4.78 is 37.9. The zero-order valence-electron chi connectivity index (χ0n) is 10.7. The van der Waals surface area contributed by atoms with Crippen molar-refractivity contribution in [1.82, 2.24) is 0 Å². The smallest absolute Gasteiger partial charge is 0.399 e. The summed E-state index contributed by atoms with van der Waals surface area (Å²) in [5, 5.41) is 0.223. The van der Waals surface area contributed by atoms with E-state index >= 15 is 0 Å². The number of hydrogen-bond donors (Lipinski definition) is 1. The molecule has 2 nitrogen and oxygen atoms in total. The summed E-state index contributed by atoms with van der Waals surface area (Å²) in [7, 11) is 0. The summed E-state index contributed by atoms with van der Waals surface area (Å²) in [5.41, 5.74) is 5.64. The molecule has 0 radical (unpaired) electrons. The highest BCUT2D eigenvalue weighted by atomic mass is 35.5. The van der Waals surface area contributed by atoms with Gasteiger partial charge in [-0.3, -0.25) is 4.79 Å². The zero-order valence-corrected chi connectivity index (χ0v) is 11.5. The second-order valence-electron chi connectivity index (χ2n) is 4.54. The maximum Gasteiger partial charge on any atom is 0.416 e. The van der Waals surface area contributed by atoms with Crippen LogP contribution in [0.2, 0.25) is 5.02 Å². The molecule has 2 aromatic rings. The van der Waals surface area contributed by atoms with E-state index in [-0.39, 0.29) is 28.4 Å². The van der Waals surface area contributed by atoms with Gasteiger partial charge < -0.3 is 5.73 Å². The SMILES string of the molecule is Nc1ccc(Cl)c(C(=O)Cc2cccc(C(F)(F)F)c2)c1. The lowest BCUT2D eigenvalue weighted by Gasteiger charge is -2.09. The van der Waals surface area contributed by atoms with E-state index in [0.29, 0.717) is 5.69 Å². The van der Waals surface area contributed by atoms with E-state index < -0.39 is 11.7 Å². The second-order valence-corrected chi connectivity index (χ2v) is 4.94. The van der Waals surface area contributed by atoms with Gasteiger partial charge in [0.25, 0.3) is 0 Å². The predicted molar refractivity (Wildman–Crippen MR) is 75.3 cm³/mol. The number of benzene rings is 2. The minimum atomic E-state index is -4.44. The predicted octanol–water partition coefficient (Wildman–Crippen LogP) is 4.37. The summed E-state index contributed by atoms with van der Waals surface area (Å²) in [6.07, 6.45) is -4.61. The molecule has 0 spiro atoms. The van der Waals surface area contributed by atoms with Crippen LogP contribution in [0.15, 0.2) is 42.5 Å². The molecule has 21 heavy (non-hydrogen) atoms. The van der Waals surface area contributed by atoms with Crippen LogP contribution in [0.5, 0.6) is 0 Å². The van der Waals surface area contributed by atoms with E-state index in [2.05, 4.69) is 0 Å². The maximum atomic E-state index is 12.6. The number of alkyl halides is 3. The van der Waals surface area contributed by atoms with E-state index in [1.54, 1.807) is 6.07 Å². The maximum absolute atomic E-state index is 12.6. The molecule has 0 atom stereocenters. The van der Waals surface area contributed by atoms with Crippen LogP contribution in [0.4, 0.5) is 18.9 Å². The largest absolute Gasteiger partial charge is 0.416 e. The lowest BCUT2D eigenvalue weighted by molar-refractivity contribution is -0.137. The van der Waals surface area contributed by atoms with Gasteiger partial charge in [-0.1, -0.05) is 29.8 Å². The Bertz CT molecular complexity index is 683. The minimum absolute atomic E-state index is 0.174. The Morgan fingerprint density at radius 2 is 1.86 bits per heavy atom. The number of ketones is 1. The summed E-state index contributed by atoms with van der Waals surface area (Å²) in [5.74, 6) is -0.383. The van der Waals surface area contributed by atoms with Crippen LogP contribution in [0.3, 0.4) is 0 Å². The van der Waals surface area contributed by atoms with Gasteiger partial charge in [0.15, 0.2) is 5.78 Å². The highest BCUT2D eigenvalue weighted by molar-refractivity contribution is 6.34. The number of carbonyl (C=O) groups excluding carboxylic acids is 1. The first-order chi connectivity index (χ1) is 9.77. The van der Waals surface area contributed by atoms with Crippen molar-refractivity contribution in [3.05, 3.63) is 64.2 Å². The number of hydrogen-bond acceptors (Lipinski definition) is 2. The number of anilines is 1. The van der Waals surface area contributed by atoms with Crippen molar-refractivity contribution in [1.29, 1.82) is 0 Å². The van der Waals surface area contributed by atoms with Gasteiger partial charge in [0.2, 0.25) is 0 Å². The topological polar surface area (TPSA) is 43.1 Å². The van der Waals surface area contributed by atoms with Gasteiger partial charge >= 0.3 is 6.18 Å². The van der Waals surface area contributed by atoms with Crippen LogP contribution in [-0.4, -0.2) is 5.78 Å². The molecule has 0 saturated heterocycles. The molecule has 110 valence electrons. The Morgan fingerprint density at radius 1 is 1.14 bits per heavy atom. The van der Waals surface area contributed by atoms with Gasteiger partial charge in [0, 0.05) is 17.7 Å². The second kappa shape index (κ2) is 5.77. The normalized spacial score (nSPS) is 11.4. The molecule has 0 aliphatic heterocycles. The Morgan fingerprint density at radius 3 is 2.52 bits per heavy atom. The van der Waals surface area contributed by atoms with Gasteiger partial charge in [-0.15, -0.1) is 0 Å². The fourth-order valence-electron chi connectivity index (χ4n) is 1.89. The van der Waals surface area contributed by atoms with E-state index in [0.717, 1.165) is 12.1 Å². The molecule has 0 heterocycles. The Labute approximate surface area is 124 Å². The highest BCUT2D eigenvalue weighted by Gasteiger charge is 2.30. The monoisotopic (exact) mass is 313 g/mol. The van der Waals surface area contributed by atoms with Crippen LogP contribution in [0, 0.1) is 0 Å². The molecule has 0 unspecified atom stereocenters. The van der Waals surface area contributed by atoms with E-state index in [1.165, 1.54) is 24.3 Å². The summed E-state index contributed by atoms with van der Waals surface area (Å²) in [4.78, 5) is 12.1. The molecule has 2 rings (SSSR count). The Kier molecular flexibility index (Phi) is 4.23. The number of halogens is 4. The summed E-state index contributed by atoms with van der Waals surface area (Å²) in [6, 6.07) is 9.09. The molecule has 0 fully saturated rings. The third-order valence-corrected chi connectivity index (χ3v) is 3.24. The van der Waals surface area contributed by atoms with Crippen LogP contribution < -0.4 is 5.73 Å². The number of nitrogen functional groups attached to an aromatic ring is 1. The number of Topliss-reactive ketones (excluding diaryl/α,β-unsaturated/α-hetero) is 1. The third kappa shape index (κ3) is 3.76. The number of rotatable bonds is 3. The molecule has 0 aliphatic rings. The molecular weight excluding hydrogens is 303 g/mol. The van der Waals surface area contributed by atoms with Gasteiger partial charge in [-0.25, -0.2) is 0 Å². The van der Waals surface area contributed by atoms with Crippen LogP contribution in [0.1, 0.15) is 21.5 Å². The zero-order chi connectivity index (χ0) is 15.6. The first-order valence-electron chi connectivity index (χ1n) is 6.02. The Balaban J connectivity index is 2.26. The lowest BCUT2D eigenvalue weighted by atomic mass is 10.0. The molecule has 0 saturated carbocycles. The van der Waals surface area contributed by atoms with Gasteiger partial charge in [0.05, 0.1) is 10.6 Å². The molecule has 2 N–H and O–H groups in total. The molecule has 0 amide bonds. The van der Waals surface area contributed by atoms with E-state index in [9.17, 15) is 18.0 Å². The van der Waals surface area contributed by atoms with Crippen molar-refractivity contribution < 1.29 is 18.0 Å². The molecule has 0 bridgehead atoms. The van der Waals surface area contributed by atoms with E-state index in [1.807, 2.05) is 0 Å². The van der Waals surface area contributed by atoms with Crippen molar-refractivity contribution in [2.24, 2.45) is 0 Å². The van der Waals surface area contributed by atoms with Crippen molar-refractivity contribution >= 4 is 23.1 Å². The molecule has 2 aromatic carbocycles. The fraction of sp³-hybridized carbons (Fsp3) is 0.133. The minimum Gasteiger partial charge on any atom is -0.399 e. The number of nitrogens with two attached hydrogens (primary N) is 1. The molecular formula is C15H11ClF3NO. The summed E-state index contributed by atoms with van der Waals surface area (Å²) >= 11 is 5.90. The third-order valence-electron chi connectivity index (χ3n) is 2.91. The van der Waals surface area contributed by atoms with Crippen molar-refractivity contribution in [2.75, 3.05) is 5.73 Å². The van der Waals surface area contributed by atoms with Gasteiger partial charge in [-0.2, -0.15) is 13.2 Å². The lowest BCUT2D eigenvalue weighted by Crippen LogP contribution is -2.08. The van der Waals surface area contributed by atoms with Gasteiger partial charge in [-0.05, 0) is 29.8 Å². The van der Waals surface area contributed by atoms with Crippen molar-refractivity contribution in [2.45, 2.75) is 12.6 Å². The average Bonchev–Trinajstić information content (AvgIpc) is 2.41. The van der Waals surface area contributed by atoms with Crippen LogP contribution in [-0.2, 0) is 12.6 Å². The van der Waals surface area contributed by atoms with E-state index in [4.69, 9.17) is 17.3 Å². The van der Waals surface area contributed by atoms with Crippen LogP contribution in [0.25, 0.3) is 0 Å². The first-order valence-corrected chi connectivity index (χ1v) is 6.39. The quantitative estimate of drug-likeness (QED) is 0.675. The van der Waals surface area contributed by atoms with Crippen LogP contribution >= 0.6 is 11.6 Å². The Hall–Kier alpha value is -2.01. The fourth-order valence-corrected chi connectivity index (χ4v) is 2.12. The highest BCUT2D eigenvalue weighted by Crippen LogP contribution is 2.30. The molecule has 0 aromatic heterocycles. The first kappa shape index (κ1) is 15.4. The average molecular weight is 314 g/mol. The number of carbonyl (C=O) groups is 1.